The molecule has 0 saturated heterocycles. The number of ketones is 1. The zero-order chi connectivity index (χ0) is 18.1. The van der Waals surface area contributed by atoms with Gasteiger partial charge in [-0.25, -0.2) is 4.39 Å². The number of esters is 1. The van der Waals surface area contributed by atoms with Gasteiger partial charge in [0.15, 0.2) is 12.4 Å². The molecule has 0 atom stereocenters. The summed E-state index contributed by atoms with van der Waals surface area (Å²) in [6.07, 6.45) is 0.329. The molecule has 0 radical (unpaired) electrons. The lowest BCUT2D eigenvalue weighted by Gasteiger charge is -2.07. The van der Waals surface area contributed by atoms with Crippen LogP contribution >= 0.6 is 11.3 Å². The Morgan fingerprint density at radius 3 is 2.60 bits per heavy atom. The molecule has 7 heteroatoms. The average molecular weight is 363 g/mol. The predicted octanol–water partition coefficient (Wildman–Crippen LogP) is 2.75. The van der Waals surface area contributed by atoms with E-state index in [1.54, 1.807) is 35.7 Å². The zero-order valence-electron chi connectivity index (χ0n) is 13.5. The maximum Gasteiger partial charge on any atom is 0.306 e. The van der Waals surface area contributed by atoms with Crippen LogP contribution in [0.15, 0.2) is 41.8 Å². The minimum atomic E-state index is -0.603. The fraction of sp³-hybridized carbons (Fsp3) is 0.278. The summed E-state index contributed by atoms with van der Waals surface area (Å²) in [7, 11) is 0. The van der Waals surface area contributed by atoms with E-state index in [2.05, 4.69) is 5.32 Å². The number of ether oxygens (including phenoxy) is 1. The third kappa shape index (κ3) is 6.46. The fourth-order valence-electron chi connectivity index (χ4n) is 2.08. The van der Waals surface area contributed by atoms with Crippen molar-refractivity contribution in [2.45, 2.75) is 19.3 Å². The van der Waals surface area contributed by atoms with Crippen LogP contribution in [-0.4, -0.2) is 30.8 Å². The molecule has 1 amide bonds. The van der Waals surface area contributed by atoms with Crippen LogP contribution in [0.3, 0.4) is 0 Å². The third-order valence-corrected chi connectivity index (χ3v) is 4.30. The number of rotatable bonds is 9. The van der Waals surface area contributed by atoms with Gasteiger partial charge in [-0.2, -0.15) is 0 Å². The molecule has 0 bridgehead atoms. The molecular formula is C18H18FNO4S. The van der Waals surface area contributed by atoms with Gasteiger partial charge in [0.2, 0.25) is 0 Å². The number of halogens is 1. The Labute approximate surface area is 148 Å². The number of hydrogen-bond acceptors (Lipinski definition) is 5. The molecule has 0 aliphatic rings. The van der Waals surface area contributed by atoms with Crippen molar-refractivity contribution in [3.05, 3.63) is 58.0 Å². The van der Waals surface area contributed by atoms with Gasteiger partial charge in [-0.3, -0.25) is 14.4 Å². The van der Waals surface area contributed by atoms with Crippen molar-refractivity contribution in [3.8, 4) is 0 Å². The number of Topliss-reactive ketones (excluding diaryl/α,β-unsaturated/α-hetero) is 1. The summed E-state index contributed by atoms with van der Waals surface area (Å²) in [6.45, 7) is -0.169. The number of amides is 1. The molecule has 132 valence electrons. The molecule has 0 saturated carbocycles. The lowest BCUT2D eigenvalue weighted by Crippen LogP contribution is -2.30. The number of benzene rings is 1. The van der Waals surface area contributed by atoms with E-state index < -0.39 is 18.5 Å². The first-order chi connectivity index (χ1) is 12.1. The highest BCUT2D eigenvalue weighted by Gasteiger charge is 2.12. The van der Waals surface area contributed by atoms with Crippen LogP contribution < -0.4 is 5.32 Å². The number of carbonyl (C=O) groups excluding carboxylic acids is 3. The van der Waals surface area contributed by atoms with E-state index in [1.807, 2.05) is 0 Å². The summed E-state index contributed by atoms with van der Waals surface area (Å²) >= 11 is 1.32. The van der Waals surface area contributed by atoms with Crippen molar-refractivity contribution < 1.29 is 23.5 Å². The molecule has 2 aromatic rings. The first-order valence-electron chi connectivity index (χ1n) is 7.78. The number of nitrogens with one attached hydrogen (secondary N) is 1. The van der Waals surface area contributed by atoms with Crippen molar-refractivity contribution >= 4 is 29.0 Å². The van der Waals surface area contributed by atoms with Gasteiger partial charge in [-0.15, -0.1) is 11.3 Å². The highest BCUT2D eigenvalue weighted by atomic mass is 32.1. The Morgan fingerprint density at radius 2 is 1.88 bits per heavy atom. The van der Waals surface area contributed by atoms with Gasteiger partial charge >= 0.3 is 5.97 Å². The van der Waals surface area contributed by atoms with E-state index in [4.69, 9.17) is 4.74 Å². The average Bonchev–Trinajstić information content (AvgIpc) is 3.14. The summed E-state index contributed by atoms with van der Waals surface area (Å²) in [5.41, 5.74) is 0.506. The highest BCUT2D eigenvalue weighted by molar-refractivity contribution is 7.12. The second-order valence-electron chi connectivity index (χ2n) is 5.25. The Morgan fingerprint density at radius 1 is 1.08 bits per heavy atom. The first-order valence-corrected chi connectivity index (χ1v) is 8.66. The smallest absolute Gasteiger partial charge is 0.306 e. The number of hydrogen-bond donors (Lipinski definition) is 1. The van der Waals surface area contributed by atoms with Crippen molar-refractivity contribution in [1.29, 1.82) is 0 Å². The van der Waals surface area contributed by atoms with E-state index in [1.165, 1.54) is 17.4 Å². The van der Waals surface area contributed by atoms with Crippen LogP contribution in [0.25, 0.3) is 0 Å². The monoisotopic (exact) mass is 363 g/mol. The summed E-state index contributed by atoms with van der Waals surface area (Å²) in [6, 6.07) is 9.78. The molecule has 1 heterocycles. The molecule has 0 spiro atoms. The maximum atomic E-state index is 13.4. The molecule has 1 N–H and O–H groups in total. The molecule has 25 heavy (non-hydrogen) atoms. The van der Waals surface area contributed by atoms with Gasteiger partial charge in [-0.1, -0.05) is 24.3 Å². The SMILES string of the molecule is O=C(COC(=O)CCC(=O)c1cccs1)NCCc1ccccc1F. The van der Waals surface area contributed by atoms with Gasteiger partial charge < -0.3 is 10.1 Å². The van der Waals surface area contributed by atoms with E-state index in [0.717, 1.165) is 0 Å². The molecule has 1 aromatic carbocycles. The Kier molecular flexibility index (Phi) is 7.28. The molecule has 1 aromatic heterocycles. The second-order valence-corrected chi connectivity index (χ2v) is 6.20. The van der Waals surface area contributed by atoms with Gasteiger partial charge in [0.25, 0.3) is 5.91 Å². The van der Waals surface area contributed by atoms with E-state index in [9.17, 15) is 18.8 Å². The van der Waals surface area contributed by atoms with Crippen molar-refractivity contribution in [1.82, 2.24) is 5.32 Å². The highest BCUT2D eigenvalue weighted by Crippen LogP contribution is 2.12. The fourth-order valence-corrected chi connectivity index (χ4v) is 2.78. The second kappa shape index (κ2) is 9.68. The van der Waals surface area contributed by atoms with Crippen LogP contribution in [0.5, 0.6) is 0 Å². The van der Waals surface area contributed by atoms with E-state index in [-0.39, 0.29) is 31.0 Å². The quantitative estimate of drug-likeness (QED) is 0.549. The summed E-state index contributed by atoms with van der Waals surface area (Å²) in [4.78, 5) is 35.5. The first kappa shape index (κ1) is 18.8. The minimum Gasteiger partial charge on any atom is -0.456 e. The minimum absolute atomic E-state index is 0.0499. The molecule has 0 fully saturated rings. The van der Waals surface area contributed by atoms with Crippen molar-refractivity contribution in [2.75, 3.05) is 13.2 Å². The topological polar surface area (TPSA) is 72.5 Å². The maximum absolute atomic E-state index is 13.4. The zero-order valence-corrected chi connectivity index (χ0v) is 14.3. The summed E-state index contributed by atoms with van der Waals surface area (Å²) < 4.78 is 18.2. The molecule has 0 aliphatic heterocycles. The van der Waals surface area contributed by atoms with Crippen molar-refractivity contribution in [3.63, 3.8) is 0 Å². The Balaban J connectivity index is 1.60. The van der Waals surface area contributed by atoms with Crippen LogP contribution in [0.2, 0.25) is 0 Å². The lowest BCUT2D eigenvalue weighted by atomic mass is 10.1. The van der Waals surface area contributed by atoms with Gasteiger partial charge in [0, 0.05) is 13.0 Å². The standard InChI is InChI=1S/C18H18FNO4S/c19-14-5-2-1-4-13(14)9-10-20-17(22)12-24-18(23)8-7-15(21)16-6-3-11-25-16/h1-6,11H,7-10,12H2,(H,20,22). The van der Waals surface area contributed by atoms with Crippen LogP contribution in [0.1, 0.15) is 28.1 Å². The Hall–Kier alpha value is -2.54. The molecule has 2 rings (SSSR count). The molecule has 0 unspecified atom stereocenters. The largest absolute Gasteiger partial charge is 0.456 e. The molecule has 0 aliphatic carbocycles. The number of carbonyl (C=O) groups is 3. The number of thiophene rings is 1. The molecular weight excluding hydrogens is 345 g/mol. The van der Waals surface area contributed by atoms with Crippen LogP contribution in [0, 0.1) is 5.82 Å². The summed E-state index contributed by atoms with van der Waals surface area (Å²) in [5, 5.41) is 4.34. The van der Waals surface area contributed by atoms with Crippen molar-refractivity contribution in [2.24, 2.45) is 0 Å². The normalized spacial score (nSPS) is 10.3. The molecule has 5 nitrogen and oxygen atoms in total. The van der Waals surface area contributed by atoms with Gasteiger partial charge in [-0.05, 0) is 29.5 Å². The van der Waals surface area contributed by atoms with E-state index >= 15 is 0 Å². The predicted molar refractivity (Wildman–Crippen MR) is 92.0 cm³/mol. The third-order valence-electron chi connectivity index (χ3n) is 3.39. The summed E-state index contributed by atoms with van der Waals surface area (Å²) in [5.74, 6) is -1.51. The Bertz CT molecular complexity index is 730. The van der Waals surface area contributed by atoms with E-state index in [0.29, 0.717) is 16.9 Å². The van der Waals surface area contributed by atoms with Crippen LogP contribution in [-0.2, 0) is 20.7 Å². The van der Waals surface area contributed by atoms with Gasteiger partial charge in [0.1, 0.15) is 5.82 Å². The van der Waals surface area contributed by atoms with Crippen LogP contribution in [0.4, 0.5) is 4.39 Å². The lowest BCUT2D eigenvalue weighted by molar-refractivity contribution is -0.148. The van der Waals surface area contributed by atoms with Gasteiger partial charge in [0.05, 0.1) is 11.3 Å².